The normalized spacial score (nSPS) is 34.8. The van der Waals surface area contributed by atoms with E-state index in [4.69, 9.17) is 9.57 Å². The molecular weight excluding hydrogens is 492 g/mol. The number of amides is 1. The topological polar surface area (TPSA) is 155 Å². The summed E-state index contributed by atoms with van der Waals surface area (Å²) in [5.74, 6) is -5.53. The van der Waals surface area contributed by atoms with Crippen molar-refractivity contribution in [2.24, 2.45) is 28.6 Å². The van der Waals surface area contributed by atoms with Gasteiger partial charge in [0.25, 0.3) is 0 Å². The van der Waals surface area contributed by atoms with Crippen molar-refractivity contribution in [2.45, 2.75) is 84.2 Å². The summed E-state index contributed by atoms with van der Waals surface area (Å²) >= 11 is 0. The van der Waals surface area contributed by atoms with Crippen LogP contribution in [0.2, 0.25) is 0 Å². The Bertz CT molecular complexity index is 1060. The molecule has 2 aliphatic rings. The van der Waals surface area contributed by atoms with Crippen molar-refractivity contribution in [2.75, 3.05) is 0 Å². The lowest BCUT2D eigenvalue weighted by Crippen LogP contribution is -2.78. The second-order valence-electron chi connectivity index (χ2n) is 11.7. The Kier molecular flexibility index (Phi) is 8.41. The number of hydrogen-bond donors (Lipinski definition) is 4. The third-order valence-electron chi connectivity index (χ3n) is 8.76. The Morgan fingerprint density at radius 3 is 2.53 bits per heavy atom. The molecule has 0 aliphatic heterocycles. The van der Waals surface area contributed by atoms with E-state index < -0.39 is 58.0 Å². The van der Waals surface area contributed by atoms with Crippen molar-refractivity contribution in [1.82, 2.24) is 10.5 Å². The number of aliphatic hydroxyl groups excluding tert-OH is 1. The summed E-state index contributed by atoms with van der Waals surface area (Å²) in [5.41, 5.74) is -2.24. The van der Waals surface area contributed by atoms with Crippen LogP contribution in [0.1, 0.15) is 66.0 Å². The number of carbonyl (C=O) groups excluding carboxylic acids is 3. The largest absolute Gasteiger partial charge is 0.443 e. The quantitative estimate of drug-likeness (QED) is 0.236. The van der Waals surface area contributed by atoms with Crippen molar-refractivity contribution in [3.05, 3.63) is 42.7 Å². The van der Waals surface area contributed by atoms with E-state index in [2.05, 4.69) is 11.6 Å². The predicted octanol–water partition coefficient (Wildman–Crippen LogP) is 2.85. The number of nitrogens with zero attached hydrogens (tertiary/aromatic N) is 1. The Balaban J connectivity index is 1.91. The van der Waals surface area contributed by atoms with E-state index in [0.29, 0.717) is 12.1 Å². The van der Waals surface area contributed by atoms with Gasteiger partial charge in [0, 0.05) is 25.0 Å². The highest BCUT2D eigenvalue weighted by Gasteiger charge is 2.76. The van der Waals surface area contributed by atoms with Crippen molar-refractivity contribution in [3.63, 3.8) is 0 Å². The van der Waals surface area contributed by atoms with Crippen LogP contribution in [0.4, 0.5) is 4.79 Å². The van der Waals surface area contributed by atoms with Crippen LogP contribution in [-0.4, -0.2) is 55.6 Å². The number of fused-ring (bicyclic) bond motifs is 1. The molecule has 0 unspecified atom stereocenters. The van der Waals surface area contributed by atoms with Gasteiger partial charge in [0.2, 0.25) is 5.79 Å². The van der Waals surface area contributed by atoms with Crippen molar-refractivity contribution in [3.8, 4) is 0 Å². The molecule has 10 nitrogen and oxygen atoms in total. The molecule has 1 heterocycles. The van der Waals surface area contributed by atoms with Crippen LogP contribution in [0.25, 0.3) is 0 Å². The third kappa shape index (κ3) is 5.09. The van der Waals surface area contributed by atoms with Crippen molar-refractivity contribution < 1.29 is 39.3 Å². The highest BCUT2D eigenvalue weighted by atomic mass is 16.7. The number of allylic oxidation sites excluding steroid dienone is 1. The second-order valence-corrected chi connectivity index (χ2v) is 11.7. The smallest absolute Gasteiger partial charge is 0.414 e. The molecule has 0 spiro atoms. The lowest BCUT2D eigenvalue weighted by molar-refractivity contribution is -0.362. The number of rotatable bonds is 7. The average molecular weight is 533 g/mol. The van der Waals surface area contributed by atoms with E-state index in [1.54, 1.807) is 38.1 Å². The van der Waals surface area contributed by atoms with E-state index in [-0.39, 0.29) is 31.6 Å². The minimum atomic E-state index is -2.37. The first-order valence-electron chi connectivity index (χ1n) is 13.0. The standard InChI is InChI=1S/C28H40N2O8/c1-7-17(2)14-21(32)28(36)18(3)15-20(31)23-25(4,5)11-12-27(35,26(23,28)6)37-24(34)30-38-22(33)16-19-10-8-9-13-29-19/h7-10,13,17-18,20,23,31,35-36H,1,11-12,14-16H2,2-6H3,(H,30,34)/t17-,18+,20-,23+,26-,27-,28+/m1/s1. The fourth-order valence-electron chi connectivity index (χ4n) is 6.76. The fourth-order valence-corrected chi connectivity index (χ4v) is 6.76. The minimum absolute atomic E-state index is 0.0451. The summed E-state index contributed by atoms with van der Waals surface area (Å²) in [5, 5.41) is 35.4. The first kappa shape index (κ1) is 29.7. The van der Waals surface area contributed by atoms with Gasteiger partial charge in [0.05, 0.1) is 23.6 Å². The van der Waals surface area contributed by atoms with E-state index in [0.717, 1.165) is 0 Å². The summed E-state index contributed by atoms with van der Waals surface area (Å²) < 4.78 is 5.49. The summed E-state index contributed by atoms with van der Waals surface area (Å²) in [6.07, 6.45) is 0.942. The van der Waals surface area contributed by atoms with Crippen LogP contribution < -0.4 is 5.48 Å². The monoisotopic (exact) mass is 532 g/mol. The van der Waals surface area contributed by atoms with Gasteiger partial charge >= 0.3 is 12.1 Å². The number of nitrogens with one attached hydrogen (secondary N) is 1. The number of ether oxygens (including phenoxy) is 1. The Hall–Kier alpha value is -2.82. The molecule has 1 amide bonds. The Labute approximate surface area is 223 Å². The van der Waals surface area contributed by atoms with E-state index >= 15 is 0 Å². The maximum Gasteiger partial charge on any atom is 0.443 e. The molecule has 210 valence electrons. The molecule has 10 heteroatoms. The number of aromatic nitrogens is 1. The van der Waals surface area contributed by atoms with Gasteiger partial charge in [-0.25, -0.2) is 9.59 Å². The van der Waals surface area contributed by atoms with E-state index in [1.165, 1.54) is 13.1 Å². The number of hydroxylamine groups is 1. The molecule has 38 heavy (non-hydrogen) atoms. The van der Waals surface area contributed by atoms with Crippen LogP contribution in [0.5, 0.6) is 0 Å². The molecule has 2 saturated carbocycles. The Morgan fingerprint density at radius 1 is 1.24 bits per heavy atom. The second kappa shape index (κ2) is 10.7. The van der Waals surface area contributed by atoms with Crippen LogP contribution >= 0.6 is 0 Å². The zero-order chi connectivity index (χ0) is 28.5. The number of ketones is 1. The van der Waals surface area contributed by atoms with Gasteiger partial charge < -0.3 is 24.9 Å². The van der Waals surface area contributed by atoms with E-state index in [1.807, 2.05) is 19.3 Å². The summed E-state index contributed by atoms with van der Waals surface area (Å²) in [6, 6.07) is 5.01. The maximum atomic E-state index is 13.7. The lowest BCUT2D eigenvalue weighted by Gasteiger charge is -2.67. The zero-order valence-corrected chi connectivity index (χ0v) is 22.8. The number of Topliss-reactive ketones (excluding diaryl/α,β-unsaturated/α-hetero) is 1. The summed E-state index contributed by atoms with van der Waals surface area (Å²) in [6.45, 7) is 12.4. The molecular formula is C28H40N2O8. The summed E-state index contributed by atoms with van der Waals surface area (Å²) in [4.78, 5) is 47.5. The van der Waals surface area contributed by atoms with Gasteiger partial charge in [-0.15, -0.1) is 12.1 Å². The lowest BCUT2D eigenvalue weighted by atomic mass is 9.41. The fraction of sp³-hybridized carbons (Fsp3) is 0.643. The molecule has 3 rings (SSSR count). The Morgan fingerprint density at radius 2 is 1.92 bits per heavy atom. The molecule has 7 atom stereocenters. The highest BCUT2D eigenvalue weighted by Crippen LogP contribution is 2.66. The highest BCUT2D eigenvalue weighted by molar-refractivity contribution is 5.89. The first-order chi connectivity index (χ1) is 17.6. The predicted molar refractivity (Wildman–Crippen MR) is 137 cm³/mol. The molecule has 0 bridgehead atoms. The SMILES string of the molecule is C=C[C@@H](C)CC(=O)[C@@]1(O)[C@@H](C)C[C@@H](O)[C@H]2C(C)(C)CC[C@@](O)(OC(=O)NOC(=O)Cc3ccccn3)[C@@]21C. The third-order valence-corrected chi connectivity index (χ3v) is 8.76. The maximum absolute atomic E-state index is 13.7. The van der Waals surface area contributed by atoms with Crippen LogP contribution in [0, 0.1) is 28.6 Å². The van der Waals surface area contributed by atoms with Crippen LogP contribution in [0.3, 0.4) is 0 Å². The van der Waals surface area contributed by atoms with Gasteiger partial charge in [-0.2, -0.15) is 0 Å². The molecule has 2 aliphatic carbocycles. The average Bonchev–Trinajstić information content (AvgIpc) is 2.84. The molecule has 0 radical (unpaired) electrons. The van der Waals surface area contributed by atoms with Gasteiger partial charge in [-0.3, -0.25) is 9.78 Å². The molecule has 2 fully saturated rings. The summed E-state index contributed by atoms with van der Waals surface area (Å²) in [7, 11) is 0. The first-order valence-corrected chi connectivity index (χ1v) is 13.0. The van der Waals surface area contributed by atoms with Crippen molar-refractivity contribution in [1.29, 1.82) is 0 Å². The van der Waals surface area contributed by atoms with Gasteiger partial charge in [0.1, 0.15) is 5.60 Å². The van der Waals surface area contributed by atoms with Crippen molar-refractivity contribution >= 4 is 17.8 Å². The van der Waals surface area contributed by atoms with Crippen LogP contribution in [0.15, 0.2) is 37.1 Å². The molecule has 1 aromatic rings. The van der Waals surface area contributed by atoms with Gasteiger partial charge in [-0.05, 0) is 49.1 Å². The molecule has 4 N–H and O–H groups in total. The minimum Gasteiger partial charge on any atom is -0.414 e. The molecule has 0 aromatic carbocycles. The number of carbonyl (C=O) groups is 3. The van der Waals surface area contributed by atoms with Crippen LogP contribution in [-0.2, 0) is 25.6 Å². The van der Waals surface area contributed by atoms with E-state index in [9.17, 15) is 29.7 Å². The number of hydrogen-bond acceptors (Lipinski definition) is 9. The zero-order valence-electron chi connectivity index (χ0n) is 22.8. The van der Waals surface area contributed by atoms with Gasteiger partial charge in [-0.1, -0.05) is 39.8 Å². The molecule has 0 saturated heterocycles. The van der Waals surface area contributed by atoms with Gasteiger partial charge in [0.15, 0.2) is 5.78 Å². The number of pyridine rings is 1. The molecule has 1 aromatic heterocycles. The number of aliphatic hydroxyl groups is 3.